The van der Waals surface area contributed by atoms with Gasteiger partial charge in [0.15, 0.2) is 0 Å². The van der Waals surface area contributed by atoms with Gasteiger partial charge in [-0.25, -0.2) is 4.79 Å². The number of benzene rings is 2. The molecule has 0 saturated carbocycles. The molecule has 104 valence electrons. The maximum atomic E-state index is 10.9. The molecule has 0 aliphatic heterocycles. The van der Waals surface area contributed by atoms with Crippen LogP contribution in [0.25, 0.3) is 0 Å². The SMILES string of the molecule is Cc1ccccc1N(C)Cc1ccc(C(=O)O)cc1Cl. The third-order valence-corrected chi connectivity index (χ3v) is 3.59. The highest BCUT2D eigenvalue weighted by atomic mass is 35.5. The summed E-state index contributed by atoms with van der Waals surface area (Å²) in [6.45, 7) is 2.69. The zero-order chi connectivity index (χ0) is 14.7. The van der Waals surface area contributed by atoms with Crippen molar-refractivity contribution in [1.82, 2.24) is 0 Å². The molecule has 0 spiro atoms. The Bertz CT molecular complexity index is 640. The van der Waals surface area contributed by atoms with E-state index in [-0.39, 0.29) is 5.56 Å². The van der Waals surface area contributed by atoms with Crippen molar-refractivity contribution in [2.45, 2.75) is 13.5 Å². The topological polar surface area (TPSA) is 40.5 Å². The van der Waals surface area contributed by atoms with E-state index in [1.54, 1.807) is 12.1 Å². The van der Waals surface area contributed by atoms with E-state index < -0.39 is 5.97 Å². The van der Waals surface area contributed by atoms with Crippen LogP contribution < -0.4 is 4.90 Å². The van der Waals surface area contributed by atoms with Crippen LogP contribution in [0, 0.1) is 6.92 Å². The van der Waals surface area contributed by atoms with E-state index in [2.05, 4.69) is 24.0 Å². The highest BCUT2D eigenvalue weighted by molar-refractivity contribution is 6.31. The number of hydrogen-bond acceptors (Lipinski definition) is 2. The van der Waals surface area contributed by atoms with E-state index in [1.807, 2.05) is 19.2 Å². The monoisotopic (exact) mass is 289 g/mol. The molecule has 0 atom stereocenters. The first-order valence-electron chi connectivity index (χ1n) is 6.27. The van der Waals surface area contributed by atoms with Crippen molar-refractivity contribution in [3.8, 4) is 0 Å². The van der Waals surface area contributed by atoms with Gasteiger partial charge in [-0.05, 0) is 36.2 Å². The van der Waals surface area contributed by atoms with Crippen LogP contribution in [0.2, 0.25) is 5.02 Å². The number of anilines is 1. The van der Waals surface area contributed by atoms with E-state index in [0.29, 0.717) is 11.6 Å². The molecular formula is C16H16ClNO2. The molecule has 0 unspecified atom stereocenters. The van der Waals surface area contributed by atoms with Gasteiger partial charge in [0.2, 0.25) is 0 Å². The number of hydrogen-bond donors (Lipinski definition) is 1. The summed E-state index contributed by atoms with van der Waals surface area (Å²) >= 11 is 6.15. The molecule has 0 radical (unpaired) electrons. The van der Waals surface area contributed by atoms with Gasteiger partial charge in [-0.15, -0.1) is 0 Å². The van der Waals surface area contributed by atoms with E-state index in [1.165, 1.54) is 11.6 Å². The van der Waals surface area contributed by atoms with E-state index >= 15 is 0 Å². The number of carboxylic acids is 1. The lowest BCUT2D eigenvalue weighted by Crippen LogP contribution is -2.17. The van der Waals surface area contributed by atoms with E-state index in [0.717, 1.165) is 11.3 Å². The number of aromatic carboxylic acids is 1. The molecule has 0 aliphatic rings. The third kappa shape index (κ3) is 3.11. The maximum Gasteiger partial charge on any atom is 0.335 e. The van der Waals surface area contributed by atoms with Gasteiger partial charge in [0.05, 0.1) is 5.56 Å². The number of carboxylic acid groups (broad SMARTS) is 1. The summed E-state index contributed by atoms with van der Waals surface area (Å²) in [5.74, 6) is -0.967. The number of halogens is 1. The Kier molecular flexibility index (Phi) is 4.30. The highest BCUT2D eigenvalue weighted by Gasteiger charge is 2.10. The summed E-state index contributed by atoms with van der Waals surface area (Å²) in [5, 5.41) is 9.40. The lowest BCUT2D eigenvalue weighted by Gasteiger charge is -2.22. The summed E-state index contributed by atoms with van der Waals surface area (Å²) in [6.07, 6.45) is 0. The van der Waals surface area contributed by atoms with Gasteiger partial charge in [0, 0.05) is 24.3 Å². The number of aryl methyl sites for hydroxylation is 1. The standard InChI is InChI=1S/C16H16ClNO2/c1-11-5-3-4-6-15(11)18(2)10-13-8-7-12(16(19)20)9-14(13)17/h3-9H,10H2,1-2H3,(H,19,20). The minimum Gasteiger partial charge on any atom is -0.478 e. The first-order chi connectivity index (χ1) is 9.49. The fourth-order valence-corrected chi connectivity index (χ4v) is 2.38. The lowest BCUT2D eigenvalue weighted by atomic mass is 10.1. The van der Waals surface area contributed by atoms with Crippen LogP contribution in [-0.4, -0.2) is 18.1 Å². The van der Waals surface area contributed by atoms with Crippen LogP contribution in [0.15, 0.2) is 42.5 Å². The average Bonchev–Trinajstić information content (AvgIpc) is 2.41. The summed E-state index contributed by atoms with van der Waals surface area (Å²) in [6, 6.07) is 12.9. The van der Waals surface area contributed by atoms with Crippen LogP contribution in [0.5, 0.6) is 0 Å². The van der Waals surface area contributed by atoms with E-state index in [9.17, 15) is 4.79 Å². The minimum absolute atomic E-state index is 0.206. The highest BCUT2D eigenvalue weighted by Crippen LogP contribution is 2.24. The van der Waals surface area contributed by atoms with Crippen molar-refractivity contribution in [2.75, 3.05) is 11.9 Å². The van der Waals surface area contributed by atoms with Crippen molar-refractivity contribution < 1.29 is 9.90 Å². The summed E-state index contributed by atoms with van der Waals surface area (Å²) in [7, 11) is 1.99. The van der Waals surface area contributed by atoms with Crippen molar-refractivity contribution in [1.29, 1.82) is 0 Å². The smallest absolute Gasteiger partial charge is 0.335 e. The molecule has 0 saturated heterocycles. The normalized spacial score (nSPS) is 10.3. The minimum atomic E-state index is -0.967. The summed E-state index contributed by atoms with van der Waals surface area (Å²) in [5.41, 5.74) is 3.43. The van der Waals surface area contributed by atoms with Gasteiger partial charge < -0.3 is 10.0 Å². The van der Waals surface area contributed by atoms with Gasteiger partial charge in [0.1, 0.15) is 0 Å². The first-order valence-corrected chi connectivity index (χ1v) is 6.65. The van der Waals surface area contributed by atoms with E-state index in [4.69, 9.17) is 16.7 Å². The Morgan fingerprint density at radius 2 is 1.95 bits per heavy atom. The molecule has 0 heterocycles. The van der Waals surface area contributed by atoms with Crippen LogP contribution in [0.4, 0.5) is 5.69 Å². The van der Waals surface area contributed by atoms with Crippen molar-refractivity contribution >= 4 is 23.3 Å². The van der Waals surface area contributed by atoms with Crippen LogP contribution in [0.3, 0.4) is 0 Å². The molecule has 2 aromatic rings. The lowest BCUT2D eigenvalue weighted by molar-refractivity contribution is 0.0697. The van der Waals surface area contributed by atoms with Crippen molar-refractivity contribution in [3.05, 3.63) is 64.2 Å². The second-order valence-corrected chi connectivity index (χ2v) is 5.16. The Labute approximate surface area is 123 Å². The fraction of sp³-hybridized carbons (Fsp3) is 0.188. The predicted molar refractivity (Wildman–Crippen MR) is 81.7 cm³/mol. The molecule has 20 heavy (non-hydrogen) atoms. The molecule has 0 aromatic heterocycles. The Morgan fingerprint density at radius 1 is 1.25 bits per heavy atom. The van der Waals surface area contributed by atoms with Crippen LogP contribution >= 0.6 is 11.6 Å². The van der Waals surface area contributed by atoms with Gasteiger partial charge >= 0.3 is 5.97 Å². The fourth-order valence-electron chi connectivity index (χ4n) is 2.14. The number of para-hydroxylation sites is 1. The molecule has 2 rings (SSSR count). The molecular weight excluding hydrogens is 274 g/mol. The molecule has 0 aliphatic carbocycles. The number of rotatable bonds is 4. The zero-order valence-electron chi connectivity index (χ0n) is 11.4. The number of nitrogens with zero attached hydrogens (tertiary/aromatic N) is 1. The molecule has 0 fully saturated rings. The van der Waals surface area contributed by atoms with Crippen LogP contribution in [-0.2, 0) is 6.54 Å². The molecule has 0 amide bonds. The van der Waals surface area contributed by atoms with Gasteiger partial charge in [0.25, 0.3) is 0 Å². The maximum absolute atomic E-state index is 10.9. The molecule has 1 N–H and O–H groups in total. The molecule has 2 aromatic carbocycles. The van der Waals surface area contributed by atoms with Crippen molar-refractivity contribution in [3.63, 3.8) is 0 Å². The summed E-state index contributed by atoms with van der Waals surface area (Å²) in [4.78, 5) is 13.0. The Hall–Kier alpha value is -2.00. The number of carbonyl (C=O) groups is 1. The molecule has 0 bridgehead atoms. The zero-order valence-corrected chi connectivity index (χ0v) is 12.2. The Morgan fingerprint density at radius 3 is 2.55 bits per heavy atom. The largest absolute Gasteiger partial charge is 0.478 e. The van der Waals surface area contributed by atoms with Gasteiger partial charge in [-0.3, -0.25) is 0 Å². The van der Waals surface area contributed by atoms with Gasteiger partial charge in [-0.1, -0.05) is 35.9 Å². The molecule has 3 nitrogen and oxygen atoms in total. The van der Waals surface area contributed by atoms with Gasteiger partial charge in [-0.2, -0.15) is 0 Å². The Balaban J connectivity index is 2.22. The second kappa shape index (κ2) is 5.97. The quantitative estimate of drug-likeness (QED) is 0.925. The van der Waals surface area contributed by atoms with Crippen LogP contribution in [0.1, 0.15) is 21.5 Å². The third-order valence-electron chi connectivity index (χ3n) is 3.23. The first kappa shape index (κ1) is 14.4. The second-order valence-electron chi connectivity index (χ2n) is 4.75. The average molecular weight is 290 g/mol. The van der Waals surface area contributed by atoms with Crippen molar-refractivity contribution in [2.24, 2.45) is 0 Å². The molecule has 4 heteroatoms. The predicted octanol–water partition coefficient (Wildman–Crippen LogP) is 3.98. The summed E-state index contributed by atoms with van der Waals surface area (Å²) < 4.78 is 0.